The molecule has 3 fully saturated rings. The van der Waals surface area contributed by atoms with Crippen molar-refractivity contribution in [2.75, 3.05) is 0 Å². The summed E-state index contributed by atoms with van der Waals surface area (Å²) in [4.78, 5) is 11.3. The molecule has 0 aromatic heterocycles. The lowest BCUT2D eigenvalue weighted by atomic mass is 9.60. The number of carbonyl (C=O) groups excluding carboxylic acids is 1. The molecule has 0 saturated heterocycles. The molecule has 3 aliphatic carbocycles. The Labute approximate surface area is 102 Å². The van der Waals surface area contributed by atoms with Crippen molar-refractivity contribution in [2.45, 2.75) is 36.5 Å². The van der Waals surface area contributed by atoms with Crippen LogP contribution in [0, 0.1) is 17.8 Å². The fourth-order valence-corrected chi connectivity index (χ4v) is 4.20. The molecule has 0 heterocycles. The standard InChI is InChI=1S/C10H12F2O5S/c11-10(12,18(14,15)16)8(13)17-9-3-5-1-6(4-9)7(9)2-5/h5-7H,1-4H2,(H,14,15,16). The van der Waals surface area contributed by atoms with Gasteiger partial charge in [-0.3, -0.25) is 4.55 Å². The molecule has 3 saturated carbocycles. The number of hydrogen-bond donors (Lipinski definition) is 1. The highest BCUT2D eigenvalue weighted by molar-refractivity contribution is 7.87. The highest BCUT2D eigenvalue weighted by atomic mass is 32.2. The first-order chi connectivity index (χ1) is 8.16. The molecular weight excluding hydrogens is 270 g/mol. The zero-order valence-corrected chi connectivity index (χ0v) is 10.1. The van der Waals surface area contributed by atoms with Crippen molar-refractivity contribution < 1.29 is 31.3 Å². The Hall–Kier alpha value is -0.760. The molecule has 1 N–H and O–H groups in total. The van der Waals surface area contributed by atoms with Crippen molar-refractivity contribution in [3.8, 4) is 0 Å². The molecular formula is C10H12F2O5S. The number of rotatable bonds is 3. The van der Waals surface area contributed by atoms with Gasteiger partial charge in [0.1, 0.15) is 5.60 Å². The van der Waals surface area contributed by atoms with Gasteiger partial charge in [-0.05, 0) is 37.5 Å². The van der Waals surface area contributed by atoms with Gasteiger partial charge in [-0.1, -0.05) is 0 Å². The van der Waals surface area contributed by atoms with Gasteiger partial charge in [-0.15, -0.1) is 0 Å². The van der Waals surface area contributed by atoms with E-state index in [-0.39, 0.29) is 5.92 Å². The molecule has 5 nitrogen and oxygen atoms in total. The molecule has 4 unspecified atom stereocenters. The van der Waals surface area contributed by atoms with E-state index in [1.807, 2.05) is 0 Å². The normalized spacial score (nSPS) is 41.6. The van der Waals surface area contributed by atoms with E-state index in [1.165, 1.54) is 0 Å². The number of ether oxygens (including phenoxy) is 1. The van der Waals surface area contributed by atoms with Gasteiger partial charge in [0.15, 0.2) is 0 Å². The highest BCUT2D eigenvalue weighted by Gasteiger charge is 2.68. The minimum absolute atomic E-state index is 0.0867. The lowest BCUT2D eigenvalue weighted by molar-refractivity contribution is -0.209. The summed E-state index contributed by atoms with van der Waals surface area (Å²) < 4.78 is 60.2. The first-order valence-electron chi connectivity index (χ1n) is 5.74. The van der Waals surface area contributed by atoms with E-state index in [1.54, 1.807) is 0 Å². The molecule has 3 rings (SSSR count). The predicted molar refractivity (Wildman–Crippen MR) is 54.3 cm³/mol. The Morgan fingerprint density at radius 3 is 2.44 bits per heavy atom. The van der Waals surface area contributed by atoms with Gasteiger partial charge in [0.05, 0.1) is 0 Å². The average molecular weight is 282 g/mol. The molecule has 0 spiro atoms. The zero-order chi connectivity index (χ0) is 13.3. The third kappa shape index (κ3) is 1.38. The minimum Gasteiger partial charge on any atom is -0.453 e. The molecule has 0 aliphatic heterocycles. The number of esters is 1. The fourth-order valence-electron chi connectivity index (χ4n) is 3.94. The number of halogens is 2. The van der Waals surface area contributed by atoms with Crippen molar-refractivity contribution in [3.63, 3.8) is 0 Å². The molecule has 0 aromatic rings. The highest BCUT2D eigenvalue weighted by Crippen LogP contribution is 2.67. The van der Waals surface area contributed by atoms with Crippen molar-refractivity contribution in [1.82, 2.24) is 0 Å². The van der Waals surface area contributed by atoms with Crippen LogP contribution in [0.2, 0.25) is 0 Å². The first-order valence-corrected chi connectivity index (χ1v) is 7.18. The first kappa shape index (κ1) is 12.3. The third-order valence-electron chi connectivity index (χ3n) is 4.57. The molecule has 0 amide bonds. The smallest absolute Gasteiger partial charge is 0.453 e. The van der Waals surface area contributed by atoms with Crippen LogP contribution in [-0.4, -0.2) is 29.8 Å². The van der Waals surface area contributed by atoms with Gasteiger partial charge in [-0.25, -0.2) is 4.79 Å². The number of fused-ring (bicyclic) bond motifs is 1. The van der Waals surface area contributed by atoms with E-state index in [9.17, 15) is 22.0 Å². The molecule has 3 aliphatic rings. The summed E-state index contributed by atoms with van der Waals surface area (Å²) in [5.41, 5.74) is -0.904. The minimum atomic E-state index is -5.77. The fraction of sp³-hybridized carbons (Fsp3) is 0.900. The third-order valence-corrected chi connectivity index (χ3v) is 5.38. The molecule has 2 bridgehead atoms. The number of alkyl halides is 2. The molecule has 0 radical (unpaired) electrons. The summed E-state index contributed by atoms with van der Waals surface area (Å²) in [6.45, 7) is 0. The van der Waals surface area contributed by atoms with Crippen LogP contribution in [0.4, 0.5) is 8.78 Å². The van der Waals surface area contributed by atoms with E-state index in [0.29, 0.717) is 24.7 Å². The van der Waals surface area contributed by atoms with Crippen molar-refractivity contribution in [1.29, 1.82) is 0 Å². The monoisotopic (exact) mass is 282 g/mol. The molecule has 0 aromatic carbocycles. The lowest BCUT2D eigenvalue weighted by Gasteiger charge is -2.52. The summed E-state index contributed by atoms with van der Waals surface area (Å²) >= 11 is 0. The van der Waals surface area contributed by atoms with Crippen LogP contribution < -0.4 is 0 Å². The van der Waals surface area contributed by atoms with Gasteiger partial charge in [-0.2, -0.15) is 17.2 Å². The Bertz CT molecular complexity index is 516. The van der Waals surface area contributed by atoms with E-state index in [4.69, 9.17) is 9.29 Å². The maximum Gasteiger partial charge on any atom is 0.465 e. The summed E-state index contributed by atoms with van der Waals surface area (Å²) in [7, 11) is -5.77. The van der Waals surface area contributed by atoms with E-state index in [2.05, 4.69) is 0 Å². The van der Waals surface area contributed by atoms with Crippen LogP contribution in [0.3, 0.4) is 0 Å². The second kappa shape index (κ2) is 3.22. The van der Waals surface area contributed by atoms with E-state index < -0.39 is 26.9 Å². The zero-order valence-electron chi connectivity index (χ0n) is 9.30. The van der Waals surface area contributed by atoms with Gasteiger partial charge in [0.25, 0.3) is 0 Å². The Morgan fingerprint density at radius 1 is 1.33 bits per heavy atom. The quantitative estimate of drug-likeness (QED) is 0.621. The molecule has 8 heteroatoms. The van der Waals surface area contributed by atoms with Crippen LogP contribution in [0.5, 0.6) is 0 Å². The van der Waals surface area contributed by atoms with Crippen LogP contribution in [-0.2, 0) is 19.6 Å². The van der Waals surface area contributed by atoms with E-state index in [0.717, 1.165) is 12.8 Å². The van der Waals surface area contributed by atoms with Crippen LogP contribution in [0.15, 0.2) is 0 Å². The van der Waals surface area contributed by atoms with Gasteiger partial charge in [0, 0.05) is 5.92 Å². The number of carbonyl (C=O) groups is 1. The average Bonchev–Trinajstić information content (AvgIpc) is 2.67. The summed E-state index contributed by atoms with van der Waals surface area (Å²) in [6, 6.07) is 0. The molecule has 4 atom stereocenters. The van der Waals surface area contributed by atoms with Crippen molar-refractivity contribution in [3.05, 3.63) is 0 Å². The van der Waals surface area contributed by atoms with Crippen LogP contribution in [0.1, 0.15) is 25.7 Å². The summed E-state index contributed by atoms with van der Waals surface area (Å²) in [6.07, 6.45) is 2.96. The van der Waals surface area contributed by atoms with Gasteiger partial charge in [0.2, 0.25) is 0 Å². The molecule has 102 valence electrons. The number of hydrogen-bond acceptors (Lipinski definition) is 4. The summed E-state index contributed by atoms with van der Waals surface area (Å²) in [5.74, 6) is -1.27. The second-order valence-corrected chi connectivity index (χ2v) is 7.02. The maximum absolute atomic E-state index is 13.1. The predicted octanol–water partition coefficient (Wildman–Crippen LogP) is 1.20. The van der Waals surface area contributed by atoms with Gasteiger partial charge >= 0.3 is 21.3 Å². The van der Waals surface area contributed by atoms with Crippen molar-refractivity contribution >= 4 is 16.1 Å². The Balaban J connectivity index is 1.77. The van der Waals surface area contributed by atoms with Crippen LogP contribution >= 0.6 is 0 Å². The Kier molecular flexibility index (Phi) is 2.20. The molecule has 18 heavy (non-hydrogen) atoms. The largest absolute Gasteiger partial charge is 0.465 e. The topological polar surface area (TPSA) is 80.7 Å². The summed E-state index contributed by atoms with van der Waals surface area (Å²) in [5, 5.41) is -4.88. The maximum atomic E-state index is 13.1. The van der Waals surface area contributed by atoms with Crippen molar-refractivity contribution in [2.24, 2.45) is 17.8 Å². The Morgan fingerprint density at radius 2 is 2.00 bits per heavy atom. The van der Waals surface area contributed by atoms with Gasteiger partial charge < -0.3 is 4.74 Å². The second-order valence-electron chi connectivity index (χ2n) is 5.56. The lowest BCUT2D eigenvalue weighted by Crippen LogP contribution is -2.57. The van der Waals surface area contributed by atoms with Crippen LogP contribution in [0.25, 0.3) is 0 Å². The van der Waals surface area contributed by atoms with E-state index >= 15 is 0 Å². The SMILES string of the molecule is O=C(OC12CC3CC(C1)C2C3)C(F)(F)S(=O)(=O)O.